The number of aryl methyl sites for hydroxylation is 2. The van der Waals surface area contributed by atoms with Crippen molar-refractivity contribution < 1.29 is 4.39 Å². The van der Waals surface area contributed by atoms with Gasteiger partial charge in [-0.15, -0.1) is 0 Å². The first kappa shape index (κ1) is 21.2. The molecule has 3 aromatic heterocycles. The molecule has 4 aromatic rings. The molecule has 0 amide bonds. The summed E-state index contributed by atoms with van der Waals surface area (Å²) in [6.07, 6.45) is 4.87. The fraction of sp³-hybridized carbons (Fsp3) is 0.273. The maximum atomic E-state index is 14.9. The molecule has 1 aliphatic rings. The van der Waals surface area contributed by atoms with Crippen LogP contribution in [0.2, 0.25) is 5.02 Å². The van der Waals surface area contributed by atoms with E-state index < -0.39 is 0 Å². The van der Waals surface area contributed by atoms with Crippen molar-refractivity contribution in [3.8, 4) is 22.5 Å². The summed E-state index contributed by atoms with van der Waals surface area (Å²) in [6.45, 7) is 4.73. The summed E-state index contributed by atoms with van der Waals surface area (Å²) in [5.41, 5.74) is 2.82. The van der Waals surface area contributed by atoms with Crippen molar-refractivity contribution >= 4 is 23.4 Å². The van der Waals surface area contributed by atoms with Crippen molar-refractivity contribution in [2.24, 2.45) is 7.05 Å². The molecule has 4 heterocycles. The largest absolute Gasteiger partial charge is 0.352 e. The van der Waals surface area contributed by atoms with Crippen LogP contribution in [0.1, 0.15) is 5.56 Å². The number of hydrogen-bond donors (Lipinski definition) is 0. The van der Waals surface area contributed by atoms with Gasteiger partial charge in [-0.3, -0.25) is 4.98 Å². The van der Waals surface area contributed by atoms with Gasteiger partial charge in [-0.1, -0.05) is 22.8 Å². The monoisotopic (exact) mass is 465 g/mol. The highest BCUT2D eigenvalue weighted by Gasteiger charge is 2.24. The van der Waals surface area contributed by atoms with Gasteiger partial charge in [0.25, 0.3) is 0 Å². The number of rotatable bonds is 4. The highest BCUT2D eigenvalue weighted by molar-refractivity contribution is 6.33. The molecule has 1 aromatic carbocycles. The lowest BCUT2D eigenvalue weighted by Gasteiger charge is -2.35. The number of aromatic nitrogens is 7. The first-order valence-electron chi connectivity index (χ1n) is 10.5. The van der Waals surface area contributed by atoms with Crippen LogP contribution in [-0.2, 0) is 7.05 Å². The molecule has 11 heteroatoms. The van der Waals surface area contributed by atoms with Gasteiger partial charge in [0.2, 0.25) is 5.95 Å². The van der Waals surface area contributed by atoms with Crippen LogP contribution in [0.25, 0.3) is 22.5 Å². The van der Waals surface area contributed by atoms with Crippen molar-refractivity contribution in [2.75, 3.05) is 36.0 Å². The zero-order chi connectivity index (χ0) is 22.9. The van der Waals surface area contributed by atoms with Gasteiger partial charge in [-0.25, -0.2) is 19.0 Å². The van der Waals surface area contributed by atoms with Crippen LogP contribution in [0.5, 0.6) is 0 Å². The Hall–Kier alpha value is -3.66. The molecule has 1 aliphatic heterocycles. The second-order valence-electron chi connectivity index (χ2n) is 7.84. The molecule has 0 spiro atoms. The first-order valence-corrected chi connectivity index (χ1v) is 10.8. The maximum absolute atomic E-state index is 14.9. The average Bonchev–Trinajstić information content (AvgIpc) is 3.25. The Bertz CT molecular complexity index is 1300. The van der Waals surface area contributed by atoms with E-state index in [2.05, 4.69) is 35.3 Å². The third kappa shape index (κ3) is 4.09. The molecule has 1 fully saturated rings. The Labute approximate surface area is 194 Å². The Kier molecular flexibility index (Phi) is 5.59. The average molecular weight is 466 g/mol. The standard InChI is InChI=1S/C22H21ClFN9/c1-14-3-4-16(18(24)11-14)20-21(15-5-6-25-12-17(15)23)27-19(13-26-20)32-7-9-33(10-8-32)22-28-29-30-31(22)2/h3-6,11-13H,7-10H2,1-2H3. The smallest absolute Gasteiger partial charge is 0.245 e. The zero-order valence-electron chi connectivity index (χ0n) is 18.2. The van der Waals surface area contributed by atoms with E-state index in [-0.39, 0.29) is 5.82 Å². The Morgan fingerprint density at radius 1 is 0.970 bits per heavy atom. The third-order valence-electron chi connectivity index (χ3n) is 5.65. The molecule has 0 atom stereocenters. The number of halogens is 2. The lowest BCUT2D eigenvalue weighted by Crippen LogP contribution is -2.47. The number of piperazine rings is 1. The molecule has 9 nitrogen and oxygen atoms in total. The number of tetrazole rings is 1. The molecule has 168 valence electrons. The third-order valence-corrected chi connectivity index (χ3v) is 5.95. The van der Waals surface area contributed by atoms with Gasteiger partial charge in [0.15, 0.2) is 0 Å². The van der Waals surface area contributed by atoms with Crippen LogP contribution in [0, 0.1) is 12.7 Å². The Morgan fingerprint density at radius 3 is 2.45 bits per heavy atom. The molecule has 5 rings (SSSR count). The summed E-state index contributed by atoms with van der Waals surface area (Å²) in [4.78, 5) is 17.9. The van der Waals surface area contributed by atoms with Gasteiger partial charge in [-0.2, -0.15) is 0 Å². The number of anilines is 2. The summed E-state index contributed by atoms with van der Waals surface area (Å²) in [6, 6.07) is 6.83. The van der Waals surface area contributed by atoms with Crippen molar-refractivity contribution in [3.05, 3.63) is 59.3 Å². The maximum Gasteiger partial charge on any atom is 0.245 e. The molecule has 0 radical (unpaired) electrons. The Balaban J connectivity index is 1.51. The fourth-order valence-corrected chi connectivity index (χ4v) is 4.13. The molecule has 0 unspecified atom stereocenters. The van der Waals surface area contributed by atoms with Crippen LogP contribution in [0.4, 0.5) is 16.2 Å². The van der Waals surface area contributed by atoms with E-state index in [4.69, 9.17) is 16.6 Å². The van der Waals surface area contributed by atoms with Crippen LogP contribution >= 0.6 is 11.6 Å². The molecule has 0 N–H and O–H groups in total. The minimum Gasteiger partial charge on any atom is -0.352 e. The Morgan fingerprint density at radius 2 is 1.76 bits per heavy atom. The van der Waals surface area contributed by atoms with E-state index in [1.807, 2.05) is 20.0 Å². The van der Waals surface area contributed by atoms with Gasteiger partial charge in [0.1, 0.15) is 17.3 Å². The summed E-state index contributed by atoms with van der Waals surface area (Å²) in [5, 5.41) is 12.1. The number of nitrogens with zero attached hydrogens (tertiary/aromatic N) is 9. The molecular formula is C22H21ClFN9. The van der Waals surface area contributed by atoms with Crippen LogP contribution in [0.3, 0.4) is 0 Å². The topological polar surface area (TPSA) is 88.8 Å². The highest BCUT2D eigenvalue weighted by Crippen LogP contribution is 2.35. The minimum atomic E-state index is -0.352. The van der Waals surface area contributed by atoms with Crippen LogP contribution < -0.4 is 9.80 Å². The quantitative estimate of drug-likeness (QED) is 0.454. The predicted molar refractivity (Wildman–Crippen MR) is 124 cm³/mol. The van der Waals surface area contributed by atoms with Crippen molar-refractivity contribution in [2.45, 2.75) is 6.92 Å². The number of hydrogen-bond acceptors (Lipinski definition) is 8. The lowest BCUT2D eigenvalue weighted by molar-refractivity contribution is 0.613. The molecular weight excluding hydrogens is 445 g/mol. The van der Waals surface area contributed by atoms with Crippen LogP contribution in [-0.4, -0.2) is 61.3 Å². The van der Waals surface area contributed by atoms with Gasteiger partial charge >= 0.3 is 0 Å². The number of benzene rings is 1. The van der Waals surface area contributed by atoms with Gasteiger partial charge in [-0.05, 0) is 41.1 Å². The van der Waals surface area contributed by atoms with Gasteiger partial charge < -0.3 is 9.80 Å². The molecule has 0 aliphatic carbocycles. The highest BCUT2D eigenvalue weighted by atomic mass is 35.5. The summed E-state index contributed by atoms with van der Waals surface area (Å²) >= 11 is 6.45. The molecule has 0 bridgehead atoms. The predicted octanol–water partition coefficient (Wildman–Crippen LogP) is 3.16. The second kappa shape index (κ2) is 8.70. The van der Waals surface area contributed by atoms with E-state index in [0.29, 0.717) is 46.4 Å². The van der Waals surface area contributed by atoms with E-state index in [1.165, 1.54) is 6.07 Å². The zero-order valence-corrected chi connectivity index (χ0v) is 18.9. The van der Waals surface area contributed by atoms with Crippen molar-refractivity contribution in [1.82, 2.24) is 35.2 Å². The minimum absolute atomic E-state index is 0.352. The fourth-order valence-electron chi connectivity index (χ4n) is 3.92. The molecule has 1 saturated heterocycles. The van der Waals surface area contributed by atoms with Crippen LogP contribution in [0.15, 0.2) is 42.9 Å². The normalized spacial score (nSPS) is 14.1. The summed E-state index contributed by atoms with van der Waals surface area (Å²) in [7, 11) is 1.82. The lowest BCUT2D eigenvalue weighted by atomic mass is 10.0. The van der Waals surface area contributed by atoms with E-state index in [9.17, 15) is 4.39 Å². The SMILES string of the molecule is Cc1ccc(-c2ncc(N3CCN(c4nnnn4C)CC3)nc2-c2ccncc2Cl)c(F)c1. The van der Waals surface area contributed by atoms with E-state index in [0.717, 1.165) is 24.6 Å². The van der Waals surface area contributed by atoms with Crippen molar-refractivity contribution in [1.29, 1.82) is 0 Å². The first-order chi connectivity index (χ1) is 16.0. The summed E-state index contributed by atoms with van der Waals surface area (Å²) in [5.74, 6) is 1.08. The van der Waals surface area contributed by atoms with Crippen molar-refractivity contribution in [3.63, 3.8) is 0 Å². The molecule has 33 heavy (non-hydrogen) atoms. The second-order valence-corrected chi connectivity index (χ2v) is 8.25. The van der Waals surface area contributed by atoms with Gasteiger partial charge in [0, 0.05) is 56.7 Å². The summed E-state index contributed by atoms with van der Waals surface area (Å²) < 4.78 is 16.5. The van der Waals surface area contributed by atoms with E-state index >= 15 is 0 Å². The number of pyridine rings is 1. The molecule has 0 saturated carbocycles. The van der Waals surface area contributed by atoms with E-state index in [1.54, 1.807) is 35.4 Å². The van der Waals surface area contributed by atoms with Gasteiger partial charge in [0.05, 0.1) is 16.9 Å².